The first-order chi connectivity index (χ1) is 7.70. The van der Waals surface area contributed by atoms with Gasteiger partial charge in [0.1, 0.15) is 0 Å². The van der Waals surface area contributed by atoms with Crippen LogP contribution < -0.4 is 5.73 Å². The summed E-state index contributed by atoms with van der Waals surface area (Å²) in [5.74, 6) is 0. The lowest BCUT2D eigenvalue weighted by Crippen LogP contribution is -2.35. The zero-order chi connectivity index (χ0) is 12.6. The van der Waals surface area contributed by atoms with E-state index in [0.29, 0.717) is 11.5 Å². The molecule has 0 aromatic heterocycles. The lowest BCUT2D eigenvalue weighted by molar-refractivity contribution is 0.182. The maximum atomic E-state index is 5.91. The molecule has 0 aromatic carbocycles. The Hall–Kier alpha value is -0.0800. The van der Waals surface area contributed by atoms with Crippen molar-refractivity contribution >= 4 is 0 Å². The summed E-state index contributed by atoms with van der Waals surface area (Å²) in [7, 11) is 2.24. The van der Waals surface area contributed by atoms with E-state index in [1.54, 1.807) is 0 Å². The smallest absolute Gasteiger partial charge is 0.00392 e. The molecule has 2 aliphatic rings. The minimum Gasteiger partial charge on any atom is -0.328 e. The molecule has 2 fully saturated rings. The quantitative estimate of drug-likeness (QED) is 0.689. The molecule has 2 nitrogen and oxygen atoms in total. The van der Waals surface area contributed by atoms with Crippen molar-refractivity contribution in [2.45, 2.75) is 65.8 Å². The van der Waals surface area contributed by atoms with Crippen molar-refractivity contribution in [2.24, 2.45) is 11.1 Å². The van der Waals surface area contributed by atoms with Crippen LogP contribution in [-0.2, 0) is 0 Å². The molecule has 1 saturated carbocycles. The Morgan fingerprint density at radius 2 is 1.50 bits per heavy atom. The highest BCUT2D eigenvalue weighted by Crippen LogP contribution is 2.42. The molecule has 0 radical (unpaired) electrons. The molecule has 2 rings (SSSR count). The molecule has 16 heavy (non-hydrogen) atoms. The van der Waals surface area contributed by atoms with Crippen LogP contribution in [0.1, 0.15) is 59.8 Å². The fourth-order valence-electron chi connectivity index (χ4n) is 2.82. The molecule has 1 spiro atoms. The lowest BCUT2D eigenvalue weighted by atomic mass is 9.72. The Kier molecular flexibility index (Phi) is 8.04. The number of likely N-dealkylation sites (tertiary alicyclic amines) is 1. The van der Waals surface area contributed by atoms with Gasteiger partial charge in [0.25, 0.3) is 0 Å². The zero-order valence-electron chi connectivity index (χ0n) is 12.1. The fourth-order valence-corrected chi connectivity index (χ4v) is 2.82. The predicted molar refractivity (Wildman–Crippen MR) is 73.7 cm³/mol. The number of hydrogen-bond donors (Lipinski definition) is 1. The molecular formula is C14H32N2. The molecule has 0 aromatic rings. The molecular weight excluding hydrogens is 196 g/mol. The van der Waals surface area contributed by atoms with E-state index in [4.69, 9.17) is 5.73 Å². The Balaban J connectivity index is 0.000000509. The van der Waals surface area contributed by atoms with E-state index in [1.807, 2.05) is 27.7 Å². The van der Waals surface area contributed by atoms with E-state index in [1.165, 1.54) is 45.2 Å². The van der Waals surface area contributed by atoms with E-state index in [9.17, 15) is 0 Å². The third-order valence-corrected chi connectivity index (χ3v) is 3.72. The molecule has 98 valence electrons. The SMILES string of the molecule is CC.CC.CN1CCC2(CCC(N)CC2)C1. The van der Waals surface area contributed by atoms with Crippen LogP contribution in [-0.4, -0.2) is 31.1 Å². The average molecular weight is 228 g/mol. The van der Waals surface area contributed by atoms with Gasteiger partial charge in [-0.2, -0.15) is 0 Å². The van der Waals surface area contributed by atoms with Crippen molar-refractivity contribution in [3.05, 3.63) is 0 Å². The van der Waals surface area contributed by atoms with Crippen molar-refractivity contribution in [3.8, 4) is 0 Å². The maximum Gasteiger partial charge on any atom is 0.00392 e. The first-order valence-corrected chi connectivity index (χ1v) is 7.14. The highest BCUT2D eigenvalue weighted by atomic mass is 15.1. The summed E-state index contributed by atoms with van der Waals surface area (Å²) < 4.78 is 0. The van der Waals surface area contributed by atoms with Gasteiger partial charge in [0.15, 0.2) is 0 Å². The van der Waals surface area contributed by atoms with Gasteiger partial charge in [0, 0.05) is 12.6 Å². The summed E-state index contributed by atoms with van der Waals surface area (Å²) in [6, 6.07) is 0.501. The summed E-state index contributed by atoms with van der Waals surface area (Å²) in [5, 5.41) is 0. The number of nitrogens with two attached hydrogens (primary N) is 1. The van der Waals surface area contributed by atoms with E-state index >= 15 is 0 Å². The van der Waals surface area contributed by atoms with Gasteiger partial charge in [-0.25, -0.2) is 0 Å². The number of rotatable bonds is 0. The van der Waals surface area contributed by atoms with Crippen LogP contribution in [0.2, 0.25) is 0 Å². The van der Waals surface area contributed by atoms with Crippen molar-refractivity contribution in [2.75, 3.05) is 20.1 Å². The van der Waals surface area contributed by atoms with Crippen molar-refractivity contribution in [1.29, 1.82) is 0 Å². The van der Waals surface area contributed by atoms with Crippen LogP contribution in [0.15, 0.2) is 0 Å². The zero-order valence-corrected chi connectivity index (χ0v) is 12.1. The summed E-state index contributed by atoms with van der Waals surface area (Å²) in [4.78, 5) is 2.47. The van der Waals surface area contributed by atoms with Gasteiger partial charge in [-0.15, -0.1) is 0 Å². The van der Waals surface area contributed by atoms with E-state index in [2.05, 4.69) is 11.9 Å². The second kappa shape index (κ2) is 8.08. The molecule has 1 heterocycles. The first-order valence-electron chi connectivity index (χ1n) is 7.14. The van der Waals surface area contributed by atoms with Crippen LogP contribution in [0.3, 0.4) is 0 Å². The predicted octanol–water partition coefficient (Wildman–Crippen LogP) is 3.26. The average Bonchev–Trinajstić information content (AvgIpc) is 2.71. The monoisotopic (exact) mass is 228 g/mol. The van der Waals surface area contributed by atoms with Crippen molar-refractivity contribution < 1.29 is 0 Å². The summed E-state index contributed by atoms with van der Waals surface area (Å²) in [6.07, 6.45) is 6.68. The van der Waals surface area contributed by atoms with Crippen LogP contribution >= 0.6 is 0 Å². The number of hydrogen-bond acceptors (Lipinski definition) is 2. The lowest BCUT2D eigenvalue weighted by Gasteiger charge is -2.35. The standard InChI is InChI=1S/C10H20N2.2C2H6/c1-12-7-6-10(8-12)4-2-9(11)3-5-10;2*1-2/h9H,2-8,11H2,1H3;2*1-2H3. The van der Waals surface area contributed by atoms with E-state index < -0.39 is 0 Å². The molecule has 0 bridgehead atoms. The van der Waals surface area contributed by atoms with Gasteiger partial charge >= 0.3 is 0 Å². The second-order valence-electron chi connectivity index (χ2n) is 4.83. The van der Waals surface area contributed by atoms with Crippen LogP contribution in [0.5, 0.6) is 0 Å². The molecule has 1 aliphatic heterocycles. The van der Waals surface area contributed by atoms with Crippen LogP contribution in [0.4, 0.5) is 0 Å². The van der Waals surface area contributed by atoms with Gasteiger partial charge in [-0.3, -0.25) is 0 Å². The van der Waals surface area contributed by atoms with Crippen LogP contribution in [0.25, 0.3) is 0 Å². The Labute approximate surface area is 103 Å². The first kappa shape index (κ1) is 15.9. The van der Waals surface area contributed by atoms with Gasteiger partial charge in [0.05, 0.1) is 0 Å². The minimum absolute atomic E-state index is 0.501. The summed E-state index contributed by atoms with van der Waals surface area (Å²) in [6.45, 7) is 10.6. The topological polar surface area (TPSA) is 29.3 Å². The largest absolute Gasteiger partial charge is 0.328 e. The third kappa shape index (κ3) is 4.42. The number of nitrogens with zero attached hydrogens (tertiary/aromatic N) is 1. The molecule has 1 aliphatic carbocycles. The van der Waals surface area contributed by atoms with E-state index in [-0.39, 0.29) is 0 Å². The maximum absolute atomic E-state index is 5.91. The molecule has 0 atom stereocenters. The second-order valence-corrected chi connectivity index (χ2v) is 4.83. The normalized spacial score (nSPS) is 33.8. The third-order valence-electron chi connectivity index (χ3n) is 3.72. The molecule has 0 unspecified atom stereocenters. The summed E-state index contributed by atoms with van der Waals surface area (Å²) >= 11 is 0. The van der Waals surface area contributed by atoms with Crippen molar-refractivity contribution in [1.82, 2.24) is 4.90 Å². The fraction of sp³-hybridized carbons (Fsp3) is 1.00. The molecule has 1 saturated heterocycles. The van der Waals surface area contributed by atoms with Gasteiger partial charge in [-0.1, -0.05) is 27.7 Å². The summed E-state index contributed by atoms with van der Waals surface area (Å²) in [5.41, 5.74) is 6.58. The van der Waals surface area contributed by atoms with Crippen molar-refractivity contribution in [3.63, 3.8) is 0 Å². The Morgan fingerprint density at radius 1 is 1.00 bits per heavy atom. The van der Waals surface area contributed by atoms with Gasteiger partial charge < -0.3 is 10.6 Å². The molecule has 2 N–H and O–H groups in total. The van der Waals surface area contributed by atoms with Crippen LogP contribution in [0, 0.1) is 5.41 Å². The van der Waals surface area contributed by atoms with Gasteiger partial charge in [0.2, 0.25) is 0 Å². The highest BCUT2D eigenvalue weighted by Gasteiger charge is 2.38. The Morgan fingerprint density at radius 3 is 1.88 bits per heavy atom. The van der Waals surface area contributed by atoms with Gasteiger partial charge in [-0.05, 0) is 51.1 Å². The Bertz CT molecular complexity index is 160. The highest BCUT2D eigenvalue weighted by molar-refractivity contribution is 4.93. The van der Waals surface area contributed by atoms with E-state index in [0.717, 1.165) is 0 Å². The minimum atomic E-state index is 0.501. The molecule has 0 amide bonds. The molecule has 2 heteroatoms.